The van der Waals surface area contributed by atoms with Crippen LogP contribution in [0, 0.1) is 0 Å². The highest BCUT2D eigenvalue weighted by atomic mass is 16.7. The Kier molecular flexibility index (Phi) is 46.5. The SMILES string of the molecule is CC(C)(C)OC(=O)NOCCOCCOCCCC(=O)[C@H](CCCNC(=O)COCCOCCOCCOCCOCCN=[N+]=[N-])NC(=O)COCCOCCOCCOCCOCCN=[N+]=[N-]. The van der Waals surface area contributed by atoms with Gasteiger partial charge in [-0.3, -0.25) is 19.2 Å². The quantitative estimate of drug-likeness (QED) is 0.0258. The maximum absolute atomic E-state index is 13.2. The van der Waals surface area contributed by atoms with Crippen molar-refractivity contribution in [3.8, 4) is 0 Å². The van der Waals surface area contributed by atoms with Gasteiger partial charge >= 0.3 is 6.09 Å². The van der Waals surface area contributed by atoms with Crippen LogP contribution in [0.2, 0.25) is 0 Å². The van der Waals surface area contributed by atoms with Gasteiger partial charge in [-0.25, -0.2) is 4.79 Å². The number of hydroxylamine groups is 1. The molecule has 1 atom stereocenters. The number of hydrogen-bond acceptors (Lipinski definition) is 20. The van der Waals surface area contributed by atoms with E-state index in [4.69, 9.17) is 77.5 Å². The van der Waals surface area contributed by atoms with Crippen molar-refractivity contribution in [1.82, 2.24) is 16.1 Å². The number of ether oxygens (including phenoxy) is 13. The molecule has 0 aromatic rings. The average molecular weight is 984 g/mol. The Labute approximate surface area is 398 Å². The van der Waals surface area contributed by atoms with Crippen molar-refractivity contribution in [2.45, 2.75) is 58.1 Å². The van der Waals surface area contributed by atoms with Gasteiger partial charge < -0.3 is 72.2 Å². The Morgan fingerprint density at radius 3 is 1.31 bits per heavy atom. The first kappa shape index (κ1) is 64.0. The number of azide groups is 2. The van der Waals surface area contributed by atoms with Crippen molar-refractivity contribution >= 4 is 23.7 Å². The predicted octanol–water partition coefficient (Wildman–Crippen LogP) is 1.99. The number of amides is 3. The van der Waals surface area contributed by atoms with Crippen molar-refractivity contribution in [3.05, 3.63) is 20.9 Å². The van der Waals surface area contributed by atoms with E-state index in [1.807, 2.05) is 0 Å². The van der Waals surface area contributed by atoms with Crippen LogP contribution in [0.25, 0.3) is 20.9 Å². The Morgan fingerprint density at radius 2 is 0.882 bits per heavy atom. The van der Waals surface area contributed by atoms with Gasteiger partial charge in [0.2, 0.25) is 11.8 Å². The van der Waals surface area contributed by atoms with Crippen LogP contribution < -0.4 is 16.1 Å². The summed E-state index contributed by atoms with van der Waals surface area (Å²) in [5, 5.41) is 12.2. The number of carbonyl (C=O) groups excluding carboxylic acids is 4. The first-order valence-corrected chi connectivity index (χ1v) is 22.7. The number of Topliss-reactive ketones (excluding diaryl/α,β-unsaturated/α-hetero) is 1. The standard InChI is InChI=1S/C41H77N9O18/c1-41(2,3)68-40(54)48-67-33-32-64-17-14-55-11-5-7-37(51)36(47-39(53)35-66-31-29-63-27-25-61-23-21-59-19-16-57-13-10-46-50-43)6-4-8-44-38(52)34-65-30-28-62-26-24-60-22-20-58-18-15-56-12-9-45-49-42/h36H,4-35H2,1-3H3,(H,44,52)(H,47,53)(H,48,54)/t36-/m0/s1. The smallest absolute Gasteiger partial charge is 0.431 e. The molecule has 394 valence electrons. The molecule has 0 bridgehead atoms. The minimum absolute atomic E-state index is 0.112. The Morgan fingerprint density at radius 1 is 0.500 bits per heavy atom. The molecule has 3 N–H and O–H groups in total. The first-order chi connectivity index (χ1) is 33.1. The topological polar surface area (TPSA) is 331 Å². The molecule has 27 heteroatoms. The van der Waals surface area contributed by atoms with Crippen LogP contribution in [-0.2, 0) is 80.8 Å². The third-order valence-electron chi connectivity index (χ3n) is 7.92. The third-order valence-corrected chi connectivity index (χ3v) is 7.92. The summed E-state index contributed by atoms with van der Waals surface area (Å²) in [6, 6.07) is -0.804. The second kappa shape index (κ2) is 49.4. The van der Waals surface area contributed by atoms with E-state index in [9.17, 15) is 19.2 Å². The second-order valence-corrected chi connectivity index (χ2v) is 14.8. The summed E-state index contributed by atoms with van der Waals surface area (Å²) in [4.78, 5) is 60.1. The number of nitrogens with one attached hydrogen (secondary N) is 3. The number of rotatable bonds is 51. The highest BCUT2D eigenvalue weighted by Gasteiger charge is 2.20. The number of carbonyl (C=O) groups is 4. The summed E-state index contributed by atoms with van der Waals surface area (Å²) in [6.07, 6.45) is 0.551. The van der Waals surface area contributed by atoms with Gasteiger partial charge in [0.15, 0.2) is 5.78 Å². The summed E-state index contributed by atoms with van der Waals surface area (Å²) in [7, 11) is 0. The molecule has 68 heavy (non-hydrogen) atoms. The zero-order valence-corrected chi connectivity index (χ0v) is 40.2. The Balaban J connectivity index is 4.34. The molecule has 0 saturated carbocycles. The maximum atomic E-state index is 13.2. The Bertz CT molecular complexity index is 1340. The van der Waals surface area contributed by atoms with E-state index in [0.29, 0.717) is 105 Å². The molecule has 27 nitrogen and oxygen atoms in total. The fourth-order valence-electron chi connectivity index (χ4n) is 4.88. The molecule has 0 fully saturated rings. The predicted molar refractivity (Wildman–Crippen MR) is 242 cm³/mol. The molecule has 3 amide bonds. The first-order valence-electron chi connectivity index (χ1n) is 22.7. The van der Waals surface area contributed by atoms with Crippen LogP contribution in [0.1, 0.15) is 46.5 Å². The lowest BCUT2D eigenvalue weighted by atomic mass is 10.0. The van der Waals surface area contributed by atoms with E-state index >= 15 is 0 Å². The van der Waals surface area contributed by atoms with Crippen LogP contribution in [0.3, 0.4) is 0 Å². The van der Waals surface area contributed by atoms with E-state index in [1.165, 1.54) is 0 Å². The van der Waals surface area contributed by atoms with Crippen LogP contribution >= 0.6 is 0 Å². The van der Waals surface area contributed by atoms with Crippen molar-refractivity contribution < 1.29 is 85.6 Å². The van der Waals surface area contributed by atoms with Gasteiger partial charge in [-0.2, -0.15) is 5.48 Å². The molecular formula is C41H77N9O18. The third kappa shape index (κ3) is 49.9. The van der Waals surface area contributed by atoms with Gasteiger partial charge in [-0.1, -0.05) is 10.2 Å². The molecule has 0 aromatic carbocycles. The van der Waals surface area contributed by atoms with Gasteiger partial charge in [0.25, 0.3) is 0 Å². The van der Waals surface area contributed by atoms with Gasteiger partial charge in [-0.05, 0) is 51.1 Å². The largest absolute Gasteiger partial charge is 0.442 e. The van der Waals surface area contributed by atoms with Crippen molar-refractivity contribution in [1.29, 1.82) is 0 Å². The monoisotopic (exact) mass is 984 g/mol. The highest BCUT2D eigenvalue weighted by Crippen LogP contribution is 2.07. The van der Waals surface area contributed by atoms with Gasteiger partial charge in [-0.15, -0.1) is 0 Å². The minimum atomic E-state index is -0.804. The maximum Gasteiger partial charge on any atom is 0.431 e. The molecule has 0 aromatic heterocycles. The lowest BCUT2D eigenvalue weighted by Gasteiger charge is -2.19. The second-order valence-electron chi connectivity index (χ2n) is 14.8. The lowest BCUT2D eigenvalue weighted by molar-refractivity contribution is -0.131. The molecule has 0 aliphatic carbocycles. The van der Waals surface area contributed by atoms with Crippen LogP contribution in [0.4, 0.5) is 4.79 Å². The van der Waals surface area contributed by atoms with Crippen molar-refractivity contribution in [2.75, 3.05) is 185 Å². The highest BCUT2D eigenvalue weighted by molar-refractivity contribution is 5.89. The molecule has 0 spiro atoms. The molecule has 0 saturated heterocycles. The fraction of sp³-hybridized carbons (Fsp3) is 0.902. The molecule has 0 aliphatic heterocycles. The summed E-state index contributed by atoms with van der Waals surface area (Å²) in [5.74, 6) is -0.987. The van der Waals surface area contributed by atoms with Crippen LogP contribution in [-0.4, -0.2) is 220 Å². The summed E-state index contributed by atoms with van der Waals surface area (Å²) in [5.41, 5.74) is 17.9. The van der Waals surface area contributed by atoms with E-state index in [0.717, 1.165) is 0 Å². The normalized spacial score (nSPS) is 11.6. The van der Waals surface area contributed by atoms with E-state index in [-0.39, 0.29) is 117 Å². The summed E-state index contributed by atoms with van der Waals surface area (Å²) < 4.78 is 69.8. The minimum Gasteiger partial charge on any atom is -0.442 e. The zero-order chi connectivity index (χ0) is 49.9. The molecule has 0 heterocycles. The van der Waals surface area contributed by atoms with Crippen LogP contribution in [0.15, 0.2) is 10.2 Å². The zero-order valence-electron chi connectivity index (χ0n) is 40.2. The van der Waals surface area contributed by atoms with E-state index in [2.05, 4.69) is 36.2 Å². The molecule has 0 rings (SSSR count). The number of nitrogens with zero attached hydrogens (tertiary/aromatic N) is 6. The van der Waals surface area contributed by atoms with E-state index < -0.39 is 23.6 Å². The van der Waals surface area contributed by atoms with Gasteiger partial charge in [0.1, 0.15) is 18.8 Å². The molecule has 0 aliphatic rings. The molecule has 0 radical (unpaired) electrons. The fourth-order valence-corrected chi connectivity index (χ4v) is 4.88. The Hall–Kier alpha value is -4.02. The number of ketones is 1. The van der Waals surface area contributed by atoms with Gasteiger partial charge in [0.05, 0.1) is 151 Å². The molecule has 0 unspecified atom stereocenters. The number of hydrogen-bond donors (Lipinski definition) is 3. The van der Waals surface area contributed by atoms with Gasteiger partial charge in [0, 0.05) is 42.5 Å². The lowest BCUT2D eigenvalue weighted by Crippen LogP contribution is -2.43. The summed E-state index contributed by atoms with van der Waals surface area (Å²) >= 11 is 0. The average Bonchev–Trinajstić information content (AvgIpc) is 3.30. The summed E-state index contributed by atoms with van der Waals surface area (Å²) in [6.45, 7) is 12.9. The van der Waals surface area contributed by atoms with E-state index in [1.54, 1.807) is 20.8 Å². The van der Waals surface area contributed by atoms with Crippen molar-refractivity contribution in [3.63, 3.8) is 0 Å². The van der Waals surface area contributed by atoms with Crippen LogP contribution in [0.5, 0.6) is 0 Å². The van der Waals surface area contributed by atoms with Crippen molar-refractivity contribution in [2.24, 2.45) is 10.2 Å². The molecular weight excluding hydrogens is 906 g/mol.